The number of carbonyl (C=O) groups excluding carboxylic acids is 1. The van der Waals surface area contributed by atoms with Gasteiger partial charge in [0.2, 0.25) is 0 Å². The topological polar surface area (TPSA) is 44.8 Å². The van der Waals surface area contributed by atoms with Crippen LogP contribution in [-0.2, 0) is 4.74 Å². The lowest BCUT2D eigenvalue weighted by molar-refractivity contribution is 0.00913. The van der Waals surface area contributed by atoms with Crippen molar-refractivity contribution >= 4 is 40.7 Å². The second-order valence-corrected chi connectivity index (χ2v) is 5.41. The summed E-state index contributed by atoms with van der Waals surface area (Å²) in [4.78, 5) is 12.0. The molecule has 1 aliphatic rings. The molecule has 1 heterocycles. The molecule has 2 rings (SSSR count). The summed E-state index contributed by atoms with van der Waals surface area (Å²) in [5.74, 6) is 0. The van der Waals surface area contributed by atoms with Crippen molar-refractivity contribution in [2.75, 3.05) is 25.0 Å². The molecule has 0 unspecified atom stereocenters. The first-order valence-electron chi connectivity index (χ1n) is 6.90. The zero-order chi connectivity index (χ0) is 15.2. The number of anilines is 1. The molecule has 0 bridgehead atoms. The summed E-state index contributed by atoms with van der Waals surface area (Å²) in [7, 11) is 0. The van der Waals surface area contributed by atoms with E-state index in [2.05, 4.69) is 5.32 Å². The lowest BCUT2D eigenvalue weighted by Gasteiger charge is -2.39. The van der Waals surface area contributed by atoms with Crippen molar-refractivity contribution in [3.05, 3.63) is 29.3 Å². The van der Waals surface area contributed by atoms with E-state index in [4.69, 9.17) is 28.6 Å². The first kappa shape index (κ1) is 15.9. The Morgan fingerprint density at radius 3 is 2.52 bits per heavy atom. The maximum Gasteiger partial charge on any atom is 0.428 e. The van der Waals surface area contributed by atoms with Gasteiger partial charge in [0.15, 0.2) is 5.11 Å². The van der Waals surface area contributed by atoms with Crippen molar-refractivity contribution in [2.24, 2.45) is 0 Å². The number of thiocarbonyl (C=S) groups is 1. The number of benzene rings is 1. The van der Waals surface area contributed by atoms with E-state index in [1.165, 1.54) is 0 Å². The summed E-state index contributed by atoms with van der Waals surface area (Å²) in [6.45, 7) is 3.44. The summed E-state index contributed by atoms with van der Waals surface area (Å²) >= 11 is 11.3. The van der Waals surface area contributed by atoms with Gasteiger partial charge < -0.3 is 10.1 Å². The minimum Gasteiger partial charge on any atom is -0.448 e. The number of amides is 1. The van der Waals surface area contributed by atoms with Gasteiger partial charge in [0.05, 0.1) is 6.61 Å². The van der Waals surface area contributed by atoms with Crippen molar-refractivity contribution in [1.82, 2.24) is 10.0 Å². The second kappa shape index (κ2) is 7.47. The van der Waals surface area contributed by atoms with Crippen LogP contribution < -0.4 is 5.32 Å². The number of hydrazine groups is 1. The van der Waals surface area contributed by atoms with Gasteiger partial charge in [-0.3, -0.25) is 5.01 Å². The normalized spacial score (nSPS) is 14.8. The van der Waals surface area contributed by atoms with Crippen molar-refractivity contribution in [2.45, 2.75) is 19.8 Å². The number of nitrogens with zero attached hydrogens (tertiary/aromatic N) is 2. The first-order valence-corrected chi connectivity index (χ1v) is 7.68. The third kappa shape index (κ3) is 4.22. The lowest BCUT2D eigenvalue weighted by Crippen LogP contribution is -2.54. The molecular formula is C14H18ClN3O2S. The van der Waals surface area contributed by atoms with E-state index in [0.717, 1.165) is 18.5 Å². The van der Waals surface area contributed by atoms with E-state index >= 15 is 0 Å². The van der Waals surface area contributed by atoms with Gasteiger partial charge in [-0.2, -0.15) is 0 Å². The fraction of sp³-hybridized carbons (Fsp3) is 0.429. The number of hydrogen-bond acceptors (Lipinski definition) is 3. The van der Waals surface area contributed by atoms with E-state index in [-0.39, 0.29) is 6.09 Å². The number of carbonyl (C=O) groups is 1. The third-order valence-electron chi connectivity index (χ3n) is 3.09. The Kier molecular flexibility index (Phi) is 5.64. The molecule has 0 spiro atoms. The van der Waals surface area contributed by atoms with E-state index in [1.807, 2.05) is 12.1 Å². The molecule has 1 amide bonds. The SMILES string of the molecule is CCOC(=O)N1CCCCN1C(=S)Nc1ccc(Cl)cc1. The predicted molar refractivity (Wildman–Crippen MR) is 87.3 cm³/mol. The van der Waals surface area contributed by atoms with Crippen LogP contribution in [0.5, 0.6) is 0 Å². The Labute approximate surface area is 134 Å². The smallest absolute Gasteiger partial charge is 0.428 e. The molecule has 1 aromatic rings. The van der Waals surface area contributed by atoms with Crippen LogP contribution in [0.25, 0.3) is 0 Å². The molecule has 0 aliphatic carbocycles. The zero-order valence-electron chi connectivity index (χ0n) is 11.8. The maximum atomic E-state index is 12.0. The highest BCUT2D eigenvalue weighted by Crippen LogP contribution is 2.17. The number of ether oxygens (including phenoxy) is 1. The monoisotopic (exact) mass is 327 g/mol. The zero-order valence-corrected chi connectivity index (χ0v) is 13.4. The van der Waals surface area contributed by atoms with Gasteiger partial charge in [-0.1, -0.05) is 11.6 Å². The minimum atomic E-state index is -0.363. The average molecular weight is 328 g/mol. The van der Waals surface area contributed by atoms with Crippen LogP contribution in [0.2, 0.25) is 5.02 Å². The summed E-state index contributed by atoms with van der Waals surface area (Å²) in [5, 5.41) is 7.57. The quantitative estimate of drug-likeness (QED) is 0.842. The Bertz CT molecular complexity index is 509. The summed E-state index contributed by atoms with van der Waals surface area (Å²) in [5.41, 5.74) is 0.832. The Hall–Kier alpha value is -1.53. The van der Waals surface area contributed by atoms with Gasteiger partial charge in [0.1, 0.15) is 0 Å². The van der Waals surface area contributed by atoms with Gasteiger partial charge in [0, 0.05) is 23.8 Å². The maximum absolute atomic E-state index is 12.0. The fourth-order valence-corrected chi connectivity index (χ4v) is 2.52. The largest absolute Gasteiger partial charge is 0.448 e. The Balaban J connectivity index is 2.04. The first-order chi connectivity index (χ1) is 10.1. The highest BCUT2D eigenvalue weighted by molar-refractivity contribution is 7.80. The highest BCUT2D eigenvalue weighted by atomic mass is 35.5. The summed E-state index contributed by atoms with van der Waals surface area (Å²) in [6, 6.07) is 7.25. The molecule has 1 N–H and O–H groups in total. The van der Waals surface area contributed by atoms with E-state index < -0.39 is 0 Å². The van der Waals surface area contributed by atoms with Gasteiger partial charge in [-0.15, -0.1) is 0 Å². The number of rotatable bonds is 2. The molecule has 1 saturated heterocycles. The van der Waals surface area contributed by atoms with E-state index in [9.17, 15) is 4.79 Å². The fourth-order valence-electron chi connectivity index (χ4n) is 2.08. The molecule has 1 aliphatic heterocycles. The van der Waals surface area contributed by atoms with Crippen molar-refractivity contribution in [1.29, 1.82) is 0 Å². The van der Waals surface area contributed by atoms with Crippen LogP contribution in [-0.4, -0.2) is 40.9 Å². The van der Waals surface area contributed by atoms with Gasteiger partial charge in [-0.25, -0.2) is 9.80 Å². The third-order valence-corrected chi connectivity index (χ3v) is 3.65. The molecule has 5 nitrogen and oxygen atoms in total. The molecule has 21 heavy (non-hydrogen) atoms. The molecule has 0 aromatic heterocycles. The van der Waals surface area contributed by atoms with Crippen LogP contribution >= 0.6 is 23.8 Å². The molecule has 1 aromatic carbocycles. The standard InChI is InChI=1S/C14H18ClN3O2S/c1-2-20-14(19)18-10-4-3-9-17(18)13(21)16-12-7-5-11(15)6-8-12/h5-8H,2-4,9-10H2,1H3,(H,16,21). The minimum absolute atomic E-state index is 0.348. The molecule has 0 saturated carbocycles. The lowest BCUT2D eigenvalue weighted by atomic mass is 10.2. The molecule has 7 heteroatoms. The molecule has 114 valence electrons. The van der Waals surface area contributed by atoms with Crippen LogP contribution in [0.3, 0.4) is 0 Å². The van der Waals surface area contributed by atoms with Crippen molar-refractivity contribution in [3.63, 3.8) is 0 Å². The summed E-state index contributed by atoms with van der Waals surface area (Å²) < 4.78 is 5.07. The van der Waals surface area contributed by atoms with E-state index in [0.29, 0.717) is 29.8 Å². The van der Waals surface area contributed by atoms with Crippen molar-refractivity contribution < 1.29 is 9.53 Å². The summed E-state index contributed by atoms with van der Waals surface area (Å²) in [6.07, 6.45) is 1.56. The Morgan fingerprint density at radius 1 is 1.29 bits per heavy atom. The number of hydrogen-bond donors (Lipinski definition) is 1. The molecule has 1 fully saturated rings. The van der Waals surface area contributed by atoms with Crippen LogP contribution in [0, 0.1) is 0 Å². The molecular weight excluding hydrogens is 310 g/mol. The second-order valence-electron chi connectivity index (χ2n) is 4.59. The van der Waals surface area contributed by atoms with E-state index in [1.54, 1.807) is 29.1 Å². The number of nitrogens with one attached hydrogen (secondary N) is 1. The highest BCUT2D eigenvalue weighted by Gasteiger charge is 2.27. The van der Waals surface area contributed by atoms with Gasteiger partial charge >= 0.3 is 6.09 Å². The molecule has 0 atom stereocenters. The average Bonchev–Trinajstić information content (AvgIpc) is 2.50. The predicted octanol–water partition coefficient (Wildman–Crippen LogP) is 3.51. The van der Waals surface area contributed by atoms with Crippen LogP contribution in [0.15, 0.2) is 24.3 Å². The van der Waals surface area contributed by atoms with Crippen molar-refractivity contribution in [3.8, 4) is 0 Å². The Morgan fingerprint density at radius 2 is 1.90 bits per heavy atom. The number of halogens is 1. The van der Waals surface area contributed by atoms with Crippen LogP contribution in [0.4, 0.5) is 10.5 Å². The van der Waals surface area contributed by atoms with Gasteiger partial charge in [-0.05, 0) is 56.2 Å². The molecule has 0 radical (unpaired) electrons. The van der Waals surface area contributed by atoms with Crippen LogP contribution in [0.1, 0.15) is 19.8 Å². The van der Waals surface area contributed by atoms with Gasteiger partial charge in [0.25, 0.3) is 0 Å².